The van der Waals surface area contributed by atoms with Crippen molar-refractivity contribution in [1.82, 2.24) is 0 Å². The van der Waals surface area contributed by atoms with Gasteiger partial charge in [-0.05, 0) is 19.1 Å². The van der Waals surface area contributed by atoms with Gasteiger partial charge in [0, 0.05) is 0 Å². The molecule has 0 aliphatic carbocycles. The van der Waals surface area contributed by atoms with Crippen molar-refractivity contribution in [2.75, 3.05) is 25.3 Å². The average Bonchev–Trinajstić information content (AvgIpc) is 2.29. The number of hydrogen-bond donors (Lipinski definition) is 0. The molecule has 0 aromatic heterocycles. The summed E-state index contributed by atoms with van der Waals surface area (Å²) in [6, 6.07) is 9.43. The van der Waals surface area contributed by atoms with E-state index in [0.717, 1.165) is 5.69 Å². The van der Waals surface area contributed by atoms with Gasteiger partial charge in [0.2, 0.25) is 0 Å². The second-order valence-electron chi connectivity index (χ2n) is 2.87. The van der Waals surface area contributed by atoms with E-state index in [1.54, 1.807) is 0 Å². The molecule has 0 aliphatic heterocycles. The zero-order chi connectivity index (χ0) is 11.1. The Bertz CT molecular complexity index is 300. The van der Waals surface area contributed by atoms with Crippen LogP contribution >= 0.6 is 0 Å². The summed E-state index contributed by atoms with van der Waals surface area (Å²) in [5, 5.41) is 1.52. The summed E-state index contributed by atoms with van der Waals surface area (Å²) in [6.45, 7) is 2.47. The van der Waals surface area contributed by atoms with Crippen LogP contribution in [0.1, 0.15) is 6.92 Å². The van der Waals surface area contributed by atoms with E-state index in [2.05, 4.69) is 4.74 Å². The molecule has 1 rings (SSSR count). The van der Waals surface area contributed by atoms with Crippen LogP contribution in [0.3, 0.4) is 0 Å². The summed E-state index contributed by atoms with van der Waals surface area (Å²) in [7, 11) is 1.36. The molecule has 0 aliphatic rings. The first-order valence-corrected chi connectivity index (χ1v) is 4.80. The molecule has 4 nitrogen and oxygen atoms in total. The molecular formula is C11H15NO3. The first kappa shape index (κ1) is 11.5. The lowest BCUT2D eigenvalue weighted by Crippen LogP contribution is -2.30. The van der Waals surface area contributed by atoms with Crippen molar-refractivity contribution in [3.8, 4) is 0 Å². The summed E-state index contributed by atoms with van der Waals surface area (Å²) in [4.78, 5) is 16.5. The molecular weight excluding hydrogens is 194 g/mol. The second-order valence-corrected chi connectivity index (χ2v) is 2.87. The number of hydroxylamine groups is 1. The molecule has 0 N–H and O–H groups in total. The van der Waals surface area contributed by atoms with Crippen LogP contribution in [0, 0.1) is 0 Å². The van der Waals surface area contributed by atoms with Crippen LogP contribution in [-0.2, 0) is 14.4 Å². The Morgan fingerprint density at radius 2 is 2.00 bits per heavy atom. The number of hydrogen-bond acceptors (Lipinski definition) is 4. The van der Waals surface area contributed by atoms with Gasteiger partial charge in [-0.15, -0.1) is 0 Å². The van der Waals surface area contributed by atoms with Gasteiger partial charge in [0.1, 0.15) is 6.54 Å². The summed E-state index contributed by atoms with van der Waals surface area (Å²) in [5.74, 6) is -0.327. The van der Waals surface area contributed by atoms with Crippen molar-refractivity contribution in [2.45, 2.75) is 6.92 Å². The number of para-hydroxylation sites is 1. The van der Waals surface area contributed by atoms with Crippen LogP contribution in [0.5, 0.6) is 0 Å². The molecule has 0 saturated carbocycles. The number of carbonyl (C=O) groups excluding carboxylic acids is 1. The minimum atomic E-state index is -0.327. The molecule has 15 heavy (non-hydrogen) atoms. The van der Waals surface area contributed by atoms with Gasteiger partial charge in [-0.1, -0.05) is 18.2 Å². The third kappa shape index (κ3) is 3.59. The number of carbonyl (C=O) groups is 1. The van der Waals surface area contributed by atoms with E-state index in [-0.39, 0.29) is 12.5 Å². The predicted octanol–water partition coefficient (Wildman–Crippen LogP) is 1.62. The minimum Gasteiger partial charge on any atom is -0.468 e. The van der Waals surface area contributed by atoms with Gasteiger partial charge in [-0.3, -0.25) is 9.63 Å². The molecule has 0 radical (unpaired) electrons. The van der Waals surface area contributed by atoms with Crippen molar-refractivity contribution in [2.24, 2.45) is 0 Å². The highest BCUT2D eigenvalue weighted by molar-refractivity contribution is 5.74. The molecule has 0 amide bonds. The van der Waals surface area contributed by atoms with Crippen molar-refractivity contribution >= 4 is 11.7 Å². The van der Waals surface area contributed by atoms with Gasteiger partial charge >= 0.3 is 5.97 Å². The van der Waals surface area contributed by atoms with Gasteiger partial charge < -0.3 is 4.74 Å². The molecule has 0 unspecified atom stereocenters. The van der Waals surface area contributed by atoms with E-state index in [1.807, 2.05) is 37.3 Å². The topological polar surface area (TPSA) is 38.8 Å². The lowest BCUT2D eigenvalue weighted by molar-refractivity contribution is -0.140. The van der Waals surface area contributed by atoms with E-state index in [0.29, 0.717) is 6.61 Å². The quantitative estimate of drug-likeness (QED) is 0.545. The average molecular weight is 209 g/mol. The third-order valence-corrected chi connectivity index (χ3v) is 1.83. The van der Waals surface area contributed by atoms with Crippen molar-refractivity contribution in [3.63, 3.8) is 0 Å². The fourth-order valence-corrected chi connectivity index (χ4v) is 1.14. The molecule has 82 valence electrons. The molecule has 0 fully saturated rings. The van der Waals surface area contributed by atoms with E-state index in [4.69, 9.17) is 4.84 Å². The Balaban J connectivity index is 2.70. The maximum absolute atomic E-state index is 11.1. The number of nitrogens with zero attached hydrogens (tertiary/aromatic N) is 1. The Hall–Kier alpha value is -1.55. The summed E-state index contributed by atoms with van der Waals surface area (Å²) in [6.07, 6.45) is 0. The van der Waals surface area contributed by atoms with E-state index >= 15 is 0 Å². The summed E-state index contributed by atoms with van der Waals surface area (Å²) < 4.78 is 4.59. The molecule has 0 heterocycles. The summed E-state index contributed by atoms with van der Waals surface area (Å²) in [5.41, 5.74) is 0.838. The van der Waals surface area contributed by atoms with E-state index < -0.39 is 0 Å². The maximum Gasteiger partial charge on any atom is 0.327 e. The number of esters is 1. The fraction of sp³-hybridized carbons (Fsp3) is 0.364. The molecule has 0 bridgehead atoms. The maximum atomic E-state index is 11.1. The first-order valence-electron chi connectivity index (χ1n) is 4.80. The lowest BCUT2D eigenvalue weighted by Gasteiger charge is -2.21. The molecule has 0 atom stereocenters. The highest BCUT2D eigenvalue weighted by Crippen LogP contribution is 2.13. The lowest BCUT2D eigenvalue weighted by atomic mass is 10.3. The predicted molar refractivity (Wildman–Crippen MR) is 57.4 cm³/mol. The monoisotopic (exact) mass is 209 g/mol. The number of methoxy groups -OCH3 is 1. The number of benzene rings is 1. The standard InChI is InChI=1S/C11H15NO3/c1-3-15-12(9-11(13)14-2)10-7-5-4-6-8-10/h4-8H,3,9H2,1-2H3. The van der Waals surface area contributed by atoms with Gasteiger partial charge in [0.05, 0.1) is 19.4 Å². The van der Waals surface area contributed by atoms with E-state index in [1.165, 1.54) is 12.2 Å². The van der Waals surface area contributed by atoms with Crippen LogP contribution < -0.4 is 5.06 Å². The minimum absolute atomic E-state index is 0.0916. The van der Waals surface area contributed by atoms with Gasteiger partial charge in [0.15, 0.2) is 0 Å². The first-order chi connectivity index (χ1) is 7.27. The van der Waals surface area contributed by atoms with Gasteiger partial charge in [-0.25, -0.2) is 5.06 Å². The van der Waals surface area contributed by atoms with Crippen LogP contribution in [-0.4, -0.2) is 26.2 Å². The molecule has 1 aromatic rings. The Labute approximate surface area is 89.4 Å². The summed E-state index contributed by atoms with van der Waals surface area (Å²) >= 11 is 0. The van der Waals surface area contributed by atoms with Crippen molar-refractivity contribution in [1.29, 1.82) is 0 Å². The number of rotatable bonds is 5. The second kappa shape index (κ2) is 6.03. The largest absolute Gasteiger partial charge is 0.468 e. The molecule has 0 spiro atoms. The Morgan fingerprint density at radius 3 is 2.53 bits per heavy atom. The highest BCUT2D eigenvalue weighted by atomic mass is 16.7. The van der Waals surface area contributed by atoms with E-state index in [9.17, 15) is 4.79 Å². The highest BCUT2D eigenvalue weighted by Gasteiger charge is 2.11. The third-order valence-electron chi connectivity index (χ3n) is 1.83. The molecule has 0 saturated heterocycles. The number of ether oxygens (including phenoxy) is 1. The van der Waals surface area contributed by atoms with Gasteiger partial charge in [-0.2, -0.15) is 0 Å². The molecule has 4 heteroatoms. The van der Waals surface area contributed by atoms with Crippen molar-refractivity contribution < 1.29 is 14.4 Å². The molecule has 1 aromatic carbocycles. The Kier molecular flexibility index (Phi) is 4.63. The van der Waals surface area contributed by atoms with Crippen LogP contribution in [0.4, 0.5) is 5.69 Å². The number of anilines is 1. The zero-order valence-corrected chi connectivity index (χ0v) is 8.97. The normalized spacial score (nSPS) is 9.73. The zero-order valence-electron chi connectivity index (χ0n) is 8.97. The fourth-order valence-electron chi connectivity index (χ4n) is 1.14. The smallest absolute Gasteiger partial charge is 0.327 e. The van der Waals surface area contributed by atoms with Crippen LogP contribution in [0.25, 0.3) is 0 Å². The van der Waals surface area contributed by atoms with Crippen LogP contribution in [0.15, 0.2) is 30.3 Å². The van der Waals surface area contributed by atoms with Gasteiger partial charge in [0.25, 0.3) is 0 Å². The van der Waals surface area contributed by atoms with Crippen LogP contribution in [0.2, 0.25) is 0 Å². The SMILES string of the molecule is CCON(CC(=O)OC)c1ccccc1. The van der Waals surface area contributed by atoms with Crippen molar-refractivity contribution in [3.05, 3.63) is 30.3 Å². The Morgan fingerprint density at radius 1 is 1.33 bits per heavy atom.